The van der Waals surface area contributed by atoms with E-state index < -0.39 is 28.4 Å². The Bertz CT molecular complexity index is 1690. The normalized spacial score (nSPS) is 16.8. The lowest BCUT2D eigenvalue weighted by atomic mass is 9.90. The van der Waals surface area contributed by atoms with Gasteiger partial charge >= 0.3 is 5.97 Å². The molecule has 1 saturated heterocycles. The molecule has 5 rings (SSSR count). The number of para-hydroxylation sites is 1. The smallest absolute Gasteiger partial charge is 0.306 e. The van der Waals surface area contributed by atoms with E-state index in [4.69, 9.17) is 21.1 Å². The van der Waals surface area contributed by atoms with Crippen LogP contribution < -0.4 is 4.90 Å². The molecule has 0 N–H and O–H groups in total. The molecule has 2 atom stereocenters. The number of carbonyl (C=O) groups is 2. The topological polar surface area (TPSA) is 89.3 Å². The molecule has 0 radical (unpaired) electrons. The van der Waals surface area contributed by atoms with Gasteiger partial charge in [0.2, 0.25) is 0 Å². The van der Waals surface area contributed by atoms with Crippen LogP contribution in [0.2, 0.25) is 5.02 Å². The summed E-state index contributed by atoms with van der Waals surface area (Å²) in [5.41, 5.74) is 1.37. The standard InChI is InChI=1S/C31H31ClF3N5O4/c1-5-44-28(41)13-18-9-10-39(16-25(18)43-4)31(42)24-14-26-36-23(19-11-21(34)29(32)22(35)12-19)15-27(40(26)37-24)38(3)30-17(2)7-6-8-20(30)33/h6-8,11-12,14-15,18,25H,5,9-10,13,16H2,1-4H3. The van der Waals surface area contributed by atoms with E-state index in [1.54, 1.807) is 37.9 Å². The van der Waals surface area contributed by atoms with E-state index in [-0.39, 0.29) is 71.7 Å². The molecule has 0 aliphatic carbocycles. The lowest BCUT2D eigenvalue weighted by Crippen LogP contribution is -2.48. The van der Waals surface area contributed by atoms with Crippen LogP contribution in [0.1, 0.15) is 35.8 Å². The monoisotopic (exact) mass is 629 g/mol. The molecule has 1 aliphatic rings. The Morgan fingerprint density at radius 3 is 2.50 bits per heavy atom. The van der Waals surface area contributed by atoms with Gasteiger partial charge in [-0.1, -0.05) is 23.7 Å². The zero-order valence-electron chi connectivity index (χ0n) is 24.6. The second-order valence-corrected chi connectivity index (χ2v) is 11.0. The molecule has 1 fully saturated rings. The second kappa shape index (κ2) is 12.8. The van der Waals surface area contributed by atoms with Crippen molar-refractivity contribution >= 4 is 40.6 Å². The van der Waals surface area contributed by atoms with E-state index in [9.17, 15) is 18.4 Å². The fourth-order valence-corrected chi connectivity index (χ4v) is 5.67. The Balaban J connectivity index is 1.55. The fraction of sp³-hybridized carbons (Fsp3) is 0.355. The predicted octanol–water partition coefficient (Wildman–Crippen LogP) is 5.97. The van der Waals surface area contributed by atoms with Gasteiger partial charge in [0.15, 0.2) is 11.3 Å². The van der Waals surface area contributed by atoms with Crippen LogP contribution in [0.3, 0.4) is 0 Å². The zero-order valence-corrected chi connectivity index (χ0v) is 25.4. The molecule has 1 amide bonds. The van der Waals surface area contributed by atoms with Gasteiger partial charge in [-0.25, -0.2) is 18.2 Å². The summed E-state index contributed by atoms with van der Waals surface area (Å²) in [7, 11) is 3.15. The summed E-state index contributed by atoms with van der Waals surface area (Å²) in [6, 6.07) is 9.72. The number of anilines is 2. The summed E-state index contributed by atoms with van der Waals surface area (Å²) in [6.07, 6.45) is 0.318. The highest BCUT2D eigenvalue weighted by atomic mass is 35.5. The molecule has 2 unspecified atom stereocenters. The molecule has 4 aromatic rings. The van der Waals surface area contributed by atoms with Gasteiger partial charge in [-0.05, 0) is 49.9 Å². The predicted molar refractivity (Wildman–Crippen MR) is 159 cm³/mol. The minimum atomic E-state index is -0.966. The number of esters is 1. The Morgan fingerprint density at radius 1 is 1.11 bits per heavy atom. The number of aryl methyl sites for hydroxylation is 1. The van der Waals surface area contributed by atoms with Crippen LogP contribution >= 0.6 is 11.6 Å². The first-order valence-electron chi connectivity index (χ1n) is 14.0. The number of hydrogen-bond donors (Lipinski definition) is 0. The number of hydrogen-bond acceptors (Lipinski definition) is 7. The van der Waals surface area contributed by atoms with E-state index in [1.807, 2.05) is 0 Å². The SMILES string of the molecule is CCOC(=O)CC1CCN(C(=O)c2cc3nc(-c4cc(F)c(Cl)c(F)c4)cc(N(C)c4c(C)cccc4F)n3n2)CC1OC. The molecule has 9 nitrogen and oxygen atoms in total. The maximum Gasteiger partial charge on any atom is 0.306 e. The van der Waals surface area contributed by atoms with Gasteiger partial charge in [0.25, 0.3) is 5.91 Å². The van der Waals surface area contributed by atoms with Crippen molar-refractivity contribution in [1.82, 2.24) is 19.5 Å². The quantitative estimate of drug-likeness (QED) is 0.175. The summed E-state index contributed by atoms with van der Waals surface area (Å²) in [5, 5.41) is 3.89. The highest BCUT2D eigenvalue weighted by Crippen LogP contribution is 2.34. The summed E-state index contributed by atoms with van der Waals surface area (Å²) in [5.74, 6) is -2.97. The van der Waals surface area contributed by atoms with E-state index in [1.165, 1.54) is 34.7 Å². The van der Waals surface area contributed by atoms with E-state index >= 15 is 4.39 Å². The van der Waals surface area contributed by atoms with Crippen LogP contribution in [-0.4, -0.2) is 71.3 Å². The maximum absolute atomic E-state index is 15.1. The van der Waals surface area contributed by atoms with E-state index in [0.717, 1.165) is 12.1 Å². The van der Waals surface area contributed by atoms with Gasteiger partial charge in [-0.2, -0.15) is 9.61 Å². The molecule has 1 aliphatic heterocycles. The Morgan fingerprint density at radius 2 is 1.84 bits per heavy atom. The molecule has 44 heavy (non-hydrogen) atoms. The van der Waals surface area contributed by atoms with Crippen LogP contribution in [-0.2, 0) is 14.3 Å². The maximum atomic E-state index is 15.1. The first-order chi connectivity index (χ1) is 21.0. The minimum absolute atomic E-state index is 0.0571. The Labute approximate surface area is 257 Å². The lowest BCUT2D eigenvalue weighted by molar-refractivity contribution is -0.146. The summed E-state index contributed by atoms with van der Waals surface area (Å²) < 4.78 is 56.0. The fourth-order valence-electron chi connectivity index (χ4n) is 5.56. The molecular formula is C31H31ClF3N5O4. The van der Waals surface area contributed by atoms with Crippen LogP contribution in [0.4, 0.5) is 24.7 Å². The van der Waals surface area contributed by atoms with Gasteiger partial charge in [0.1, 0.15) is 28.3 Å². The van der Waals surface area contributed by atoms with Crippen molar-refractivity contribution in [2.24, 2.45) is 5.92 Å². The van der Waals surface area contributed by atoms with Crippen molar-refractivity contribution in [3.63, 3.8) is 0 Å². The largest absolute Gasteiger partial charge is 0.466 e. The van der Waals surface area contributed by atoms with Crippen LogP contribution in [0, 0.1) is 30.3 Å². The summed E-state index contributed by atoms with van der Waals surface area (Å²) in [4.78, 5) is 33.4. The molecule has 13 heteroatoms. The van der Waals surface area contributed by atoms with Crippen molar-refractivity contribution in [2.75, 3.05) is 38.8 Å². The number of ether oxygens (including phenoxy) is 2. The first-order valence-corrected chi connectivity index (χ1v) is 14.4. The first kappa shape index (κ1) is 31.3. The number of carbonyl (C=O) groups excluding carboxylic acids is 2. The van der Waals surface area contributed by atoms with Crippen LogP contribution in [0.5, 0.6) is 0 Å². The zero-order chi connectivity index (χ0) is 31.7. The molecule has 3 heterocycles. The van der Waals surface area contributed by atoms with Gasteiger partial charge < -0.3 is 19.3 Å². The number of methoxy groups -OCH3 is 1. The third kappa shape index (κ3) is 6.09. The van der Waals surface area contributed by atoms with Crippen molar-refractivity contribution in [2.45, 2.75) is 32.8 Å². The molecule has 0 saturated carbocycles. The second-order valence-electron chi connectivity index (χ2n) is 10.6. The molecular weight excluding hydrogens is 599 g/mol. The highest BCUT2D eigenvalue weighted by molar-refractivity contribution is 6.31. The van der Waals surface area contributed by atoms with E-state index in [2.05, 4.69) is 10.1 Å². The van der Waals surface area contributed by atoms with Gasteiger partial charge in [-0.3, -0.25) is 9.59 Å². The average molecular weight is 630 g/mol. The Kier molecular flexibility index (Phi) is 9.12. The third-order valence-electron chi connectivity index (χ3n) is 7.79. The number of nitrogens with zero attached hydrogens (tertiary/aromatic N) is 5. The number of benzene rings is 2. The van der Waals surface area contributed by atoms with Crippen molar-refractivity contribution in [1.29, 1.82) is 0 Å². The molecule has 2 aromatic heterocycles. The average Bonchev–Trinajstić information content (AvgIpc) is 3.43. The number of aromatic nitrogens is 3. The number of rotatable bonds is 8. The third-order valence-corrected chi connectivity index (χ3v) is 8.16. The number of amides is 1. The number of likely N-dealkylation sites (tertiary alicyclic amines) is 1. The van der Waals surface area contributed by atoms with Crippen molar-refractivity contribution in [3.8, 4) is 11.3 Å². The summed E-state index contributed by atoms with van der Waals surface area (Å²) in [6.45, 7) is 4.36. The van der Waals surface area contributed by atoms with E-state index in [0.29, 0.717) is 18.5 Å². The molecule has 0 bridgehead atoms. The number of fused-ring (bicyclic) bond motifs is 1. The lowest BCUT2D eigenvalue weighted by Gasteiger charge is -2.37. The number of halogens is 4. The highest BCUT2D eigenvalue weighted by Gasteiger charge is 2.34. The Hall–Kier alpha value is -4.16. The molecule has 0 spiro atoms. The molecule has 232 valence electrons. The van der Waals surface area contributed by atoms with Crippen LogP contribution in [0.15, 0.2) is 42.5 Å². The van der Waals surface area contributed by atoms with Crippen LogP contribution in [0.25, 0.3) is 16.9 Å². The minimum Gasteiger partial charge on any atom is -0.466 e. The number of piperidine rings is 1. The molecule has 2 aromatic carbocycles. The van der Waals surface area contributed by atoms with Gasteiger partial charge in [0, 0.05) is 44.9 Å². The van der Waals surface area contributed by atoms with Crippen molar-refractivity contribution < 1.29 is 32.2 Å². The van der Waals surface area contributed by atoms with Gasteiger partial charge in [0.05, 0.1) is 30.5 Å². The van der Waals surface area contributed by atoms with Crippen molar-refractivity contribution in [3.05, 3.63) is 76.2 Å². The van der Waals surface area contributed by atoms with Gasteiger partial charge in [-0.15, -0.1) is 0 Å². The summed E-state index contributed by atoms with van der Waals surface area (Å²) >= 11 is 5.70.